The van der Waals surface area contributed by atoms with Crippen LogP contribution in [0.1, 0.15) is 40.4 Å². The maximum absolute atomic E-state index is 12.7. The molecule has 2 aromatic rings. The van der Waals surface area contributed by atoms with Crippen molar-refractivity contribution in [3.8, 4) is 0 Å². The maximum atomic E-state index is 12.7. The first kappa shape index (κ1) is 12.9. The number of carbonyl (C=O) groups is 1. The zero-order valence-electron chi connectivity index (χ0n) is 11.6. The molecule has 0 bridgehead atoms. The summed E-state index contributed by atoms with van der Waals surface area (Å²) >= 11 is 0. The molecular formula is C17H18N2O. The lowest BCUT2D eigenvalue weighted by molar-refractivity contribution is 0.0735. The smallest absolute Gasteiger partial charge is 0.254 e. The number of aromatic nitrogens is 1. The normalized spacial score (nSPS) is 18.2. The second kappa shape index (κ2) is 5.45. The van der Waals surface area contributed by atoms with Crippen molar-refractivity contribution in [1.29, 1.82) is 0 Å². The van der Waals surface area contributed by atoms with Crippen molar-refractivity contribution in [3.05, 3.63) is 65.5 Å². The van der Waals surface area contributed by atoms with Crippen molar-refractivity contribution in [2.45, 2.75) is 25.8 Å². The molecule has 3 heteroatoms. The van der Waals surface area contributed by atoms with Gasteiger partial charge in [0.05, 0.1) is 6.04 Å². The number of benzene rings is 1. The van der Waals surface area contributed by atoms with E-state index in [1.165, 1.54) is 5.56 Å². The molecule has 1 aliphatic rings. The van der Waals surface area contributed by atoms with Gasteiger partial charge in [0.15, 0.2) is 0 Å². The molecule has 2 heterocycles. The van der Waals surface area contributed by atoms with Gasteiger partial charge in [0.25, 0.3) is 5.91 Å². The Kier molecular flexibility index (Phi) is 3.50. The van der Waals surface area contributed by atoms with Gasteiger partial charge in [-0.25, -0.2) is 0 Å². The van der Waals surface area contributed by atoms with E-state index in [1.807, 2.05) is 48.2 Å². The summed E-state index contributed by atoms with van der Waals surface area (Å²) in [6, 6.07) is 12.0. The molecule has 0 N–H and O–H groups in total. The van der Waals surface area contributed by atoms with Crippen molar-refractivity contribution in [2.75, 3.05) is 6.54 Å². The summed E-state index contributed by atoms with van der Waals surface area (Å²) in [5, 5.41) is 0. The lowest BCUT2D eigenvalue weighted by Gasteiger charge is -2.25. The number of nitrogens with zero attached hydrogens (tertiary/aromatic N) is 2. The van der Waals surface area contributed by atoms with Crippen LogP contribution in [0.15, 0.2) is 48.8 Å². The molecule has 1 amide bonds. The first-order valence-corrected chi connectivity index (χ1v) is 7.03. The van der Waals surface area contributed by atoms with E-state index in [-0.39, 0.29) is 11.9 Å². The molecule has 3 nitrogen and oxygen atoms in total. The Balaban J connectivity index is 1.87. The molecule has 3 rings (SSSR count). The third-order valence-electron chi connectivity index (χ3n) is 3.87. The Bertz CT molecular complexity index is 609. The van der Waals surface area contributed by atoms with E-state index in [0.29, 0.717) is 0 Å². The molecule has 1 aromatic heterocycles. The fourth-order valence-electron chi connectivity index (χ4n) is 2.89. The molecule has 1 fully saturated rings. The average molecular weight is 266 g/mol. The van der Waals surface area contributed by atoms with Crippen molar-refractivity contribution in [3.63, 3.8) is 0 Å². The quantitative estimate of drug-likeness (QED) is 0.835. The van der Waals surface area contributed by atoms with Crippen LogP contribution < -0.4 is 0 Å². The van der Waals surface area contributed by atoms with Gasteiger partial charge in [-0.05, 0) is 49.6 Å². The van der Waals surface area contributed by atoms with Crippen LogP contribution in [-0.4, -0.2) is 22.3 Å². The highest BCUT2D eigenvalue weighted by Gasteiger charge is 2.30. The van der Waals surface area contributed by atoms with Crippen molar-refractivity contribution in [2.24, 2.45) is 0 Å². The minimum Gasteiger partial charge on any atom is -0.332 e. The van der Waals surface area contributed by atoms with Gasteiger partial charge >= 0.3 is 0 Å². The molecule has 1 aromatic carbocycles. The van der Waals surface area contributed by atoms with Crippen LogP contribution in [0.25, 0.3) is 0 Å². The van der Waals surface area contributed by atoms with Gasteiger partial charge < -0.3 is 4.90 Å². The third kappa shape index (κ3) is 2.44. The summed E-state index contributed by atoms with van der Waals surface area (Å²) in [4.78, 5) is 18.7. The minimum absolute atomic E-state index is 0.132. The third-order valence-corrected chi connectivity index (χ3v) is 3.87. The first-order chi connectivity index (χ1) is 9.75. The highest BCUT2D eigenvalue weighted by atomic mass is 16.2. The van der Waals surface area contributed by atoms with Crippen molar-refractivity contribution in [1.82, 2.24) is 9.88 Å². The zero-order valence-corrected chi connectivity index (χ0v) is 11.6. The Hall–Kier alpha value is -2.16. The molecule has 0 saturated carbocycles. The van der Waals surface area contributed by atoms with E-state index in [1.54, 1.807) is 12.4 Å². The maximum Gasteiger partial charge on any atom is 0.254 e. The monoisotopic (exact) mass is 266 g/mol. The second-order valence-electron chi connectivity index (χ2n) is 5.31. The van der Waals surface area contributed by atoms with E-state index in [4.69, 9.17) is 0 Å². The summed E-state index contributed by atoms with van der Waals surface area (Å²) in [5.41, 5.74) is 3.08. The molecule has 1 aliphatic heterocycles. The summed E-state index contributed by atoms with van der Waals surface area (Å²) in [7, 11) is 0. The van der Waals surface area contributed by atoms with E-state index in [2.05, 4.69) is 4.98 Å². The summed E-state index contributed by atoms with van der Waals surface area (Å²) in [5.74, 6) is 0.132. The minimum atomic E-state index is 0.132. The average Bonchev–Trinajstić information content (AvgIpc) is 2.97. The van der Waals surface area contributed by atoms with Gasteiger partial charge in [0.1, 0.15) is 0 Å². The number of aryl methyl sites for hydroxylation is 1. The molecule has 1 unspecified atom stereocenters. The molecule has 0 aliphatic carbocycles. The molecule has 0 radical (unpaired) electrons. The van der Waals surface area contributed by atoms with Gasteiger partial charge in [-0.15, -0.1) is 0 Å². The van der Waals surface area contributed by atoms with E-state index in [9.17, 15) is 4.79 Å². The lowest BCUT2D eigenvalue weighted by Crippen LogP contribution is -2.30. The van der Waals surface area contributed by atoms with Gasteiger partial charge in [0.2, 0.25) is 0 Å². The van der Waals surface area contributed by atoms with Crippen LogP contribution in [0.5, 0.6) is 0 Å². The molecular weight excluding hydrogens is 248 g/mol. The number of hydrogen-bond donors (Lipinski definition) is 0. The molecule has 0 spiro atoms. The Morgan fingerprint density at radius 1 is 1.25 bits per heavy atom. The van der Waals surface area contributed by atoms with Gasteiger partial charge in [-0.1, -0.05) is 17.7 Å². The fraction of sp³-hybridized carbons (Fsp3) is 0.294. The first-order valence-electron chi connectivity index (χ1n) is 7.03. The standard InChI is InChI=1S/C17H18N2O/c1-13-4-2-5-15(12-13)17(20)19-11-3-6-16(19)14-7-9-18-10-8-14/h2,4-5,7-10,12,16H,3,6,11H2,1H3. The molecule has 1 saturated heterocycles. The number of likely N-dealkylation sites (tertiary alicyclic amines) is 1. The predicted octanol–water partition coefficient (Wildman–Crippen LogP) is 3.37. The Labute approximate surface area is 119 Å². The van der Waals surface area contributed by atoms with Crippen LogP contribution in [0.3, 0.4) is 0 Å². The van der Waals surface area contributed by atoms with Gasteiger partial charge in [-0.2, -0.15) is 0 Å². The highest BCUT2D eigenvalue weighted by Crippen LogP contribution is 2.32. The SMILES string of the molecule is Cc1cccc(C(=O)N2CCCC2c2ccncc2)c1. The number of rotatable bonds is 2. The number of carbonyl (C=O) groups excluding carboxylic acids is 1. The fourth-order valence-corrected chi connectivity index (χ4v) is 2.89. The lowest BCUT2D eigenvalue weighted by atomic mass is 10.0. The van der Waals surface area contributed by atoms with Crippen LogP contribution >= 0.6 is 0 Å². The van der Waals surface area contributed by atoms with Crippen molar-refractivity contribution >= 4 is 5.91 Å². The zero-order chi connectivity index (χ0) is 13.9. The molecule has 102 valence electrons. The topological polar surface area (TPSA) is 33.2 Å². The van der Waals surface area contributed by atoms with E-state index in [0.717, 1.165) is 30.5 Å². The summed E-state index contributed by atoms with van der Waals surface area (Å²) in [6.45, 7) is 2.85. The van der Waals surface area contributed by atoms with E-state index >= 15 is 0 Å². The number of pyridine rings is 1. The highest BCUT2D eigenvalue weighted by molar-refractivity contribution is 5.94. The van der Waals surface area contributed by atoms with Crippen LogP contribution in [0.2, 0.25) is 0 Å². The Morgan fingerprint density at radius 2 is 2.05 bits per heavy atom. The summed E-state index contributed by atoms with van der Waals surface area (Å²) in [6.07, 6.45) is 5.68. The van der Waals surface area contributed by atoms with Crippen LogP contribution in [-0.2, 0) is 0 Å². The van der Waals surface area contributed by atoms with Gasteiger partial charge in [0, 0.05) is 24.5 Å². The Morgan fingerprint density at radius 3 is 2.80 bits per heavy atom. The van der Waals surface area contributed by atoms with Crippen LogP contribution in [0.4, 0.5) is 0 Å². The van der Waals surface area contributed by atoms with Crippen molar-refractivity contribution < 1.29 is 4.79 Å². The molecule has 1 atom stereocenters. The number of amides is 1. The van der Waals surface area contributed by atoms with Crippen LogP contribution in [0, 0.1) is 6.92 Å². The summed E-state index contributed by atoms with van der Waals surface area (Å²) < 4.78 is 0. The molecule has 20 heavy (non-hydrogen) atoms. The second-order valence-corrected chi connectivity index (χ2v) is 5.31. The predicted molar refractivity (Wildman–Crippen MR) is 78.4 cm³/mol. The van der Waals surface area contributed by atoms with E-state index < -0.39 is 0 Å². The largest absolute Gasteiger partial charge is 0.332 e. The van der Waals surface area contributed by atoms with Gasteiger partial charge in [-0.3, -0.25) is 9.78 Å². The number of hydrogen-bond acceptors (Lipinski definition) is 2.